The predicted octanol–water partition coefficient (Wildman–Crippen LogP) is -11.6. The van der Waals surface area contributed by atoms with E-state index in [0.29, 0.717) is 11.3 Å². The first-order chi connectivity index (χ1) is 17.9. The number of carboxylic acid groups (broad SMARTS) is 3. The van der Waals surface area contributed by atoms with Crippen molar-refractivity contribution in [2.24, 2.45) is 0 Å². The molecule has 0 N–H and O–H groups in total. The van der Waals surface area contributed by atoms with Crippen molar-refractivity contribution in [3.63, 3.8) is 0 Å². The Kier molecular flexibility index (Phi) is 41.5. The molecule has 0 aromatic heterocycles. The zero-order valence-corrected chi connectivity index (χ0v) is 35.3. The summed E-state index contributed by atoms with van der Waals surface area (Å²) in [7, 11) is -5.49. The Morgan fingerprint density at radius 2 is 0.929 bits per heavy atom. The molecule has 222 valence electrons. The summed E-state index contributed by atoms with van der Waals surface area (Å²) in [6, 6.07) is -2.12. The largest absolute Gasteiger partial charge is 1.00 e. The number of carbonyl (C=O) groups is 4. The van der Waals surface area contributed by atoms with E-state index in [4.69, 9.17) is 0 Å². The number of carboxylic acids is 3. The molecule has 0 bridgehead atoms. The van der Waals surface area contributed by atoms with E-state index in [1.165, 1.54) is 57.8 Å². The summed E-state index contributed by atoms with van der Waals surface area (Å²) in [4.78, 5) is 46.4. The summed E-state index contributed by atoms with van der Waals surface area (Å²) in [5.41, 5.74) is 0. The number of carbonyl (C=O) groups excluding carboxylic acids is 4. The van der Waals surface area contributed by atoms with Gasteiger partial charge in [-0.3, -0.25) is 4.79 Å². The van der Waals surface area contributed by atoms with Gasteiger partial charge in [-0.15, -0.1) is 0 Å². The SMILES string of the molecule is CCCCCCCCCCCCCCCCCCN(C(=O)C(CC(=O)[O-])S(=O)(=O)[O-])[C@@H](CC(=O)[O-])C(=O)[O-].[Na+].[Na+].[Na+].[Na+]. The summed E-state index contributed by atoms with van der Waals surface area (Å²) in [5, 5.41) is 30.7. The molecule has 11 nitrogen and oxygen atoms in total. The first-order valence-corrected chi connectivity index (χ1v) is 15.2. The number of rotatable bonds is 25. The Bertz CT molecular complexity index is 834. The Labute approximate surface area is 340 Å². The van der Waals surface area contributed by atoms with Crippen LogP contribution >= 0.6 is 0 Å². The van der Waals surface area contributed by atoms with Crippen LogP contribution in [-0.2, 0) is 29.3 Å². The van der Waals surface area contributed by atoms with Crippen molar-refractivity contribution < 1.29 is 166 Å². The third-order valence-electron chi connectivity index (χ3n) is 6.52. The van der Waals surface area contributed by atoms with Crippen LogP contribution in [0.1, 0.15) is 122 Å². The van der Waals surface area contributed by atoms with Crippen molar-refractivity contribution in [3.05, 3.63) is 0 Å². The third-order valence-corrected chi connectivity index (χ3v) is 7.59. The molecule has 0 spiro atoms. The molecule has 0 saturated carbocycles. The zero-order chi connectivity index (χ0) is 29.0. The molecule has 0 aliphatic heterocycles. The number of nitrogens with zero attached hydrogens (tertiary/aromatic N) is 1. The van der Waals surface area contributed by atoms with Gasteiger partial charge in [0, 0.05) is 31.3 Å². The van der Waals surface area contributed by atoms with Crippen molar-refractivity contribution in [2.75, 3.05) is 6.54 Å². The summed E-state index contributed by atoms with van der Waals surface area (Å²) in [5.74, 6) is -7.45. The number of hydrogen-bond donors (Lipinski definition) is 0. The van der Waals surface area contributed by atoms with Crippen LogP contribution in [0.5, 0.6) is 0 Å². The van der Waals surface area contributed by atoms with Crippen LogP contribution in [0.15, 0.2) is 0 Å². The standard InChI is InChI=1S/C26H47NO10S.4Na/c1-2-3-4-5-6-7-8-9-10-11-12-13-14-15-16-17-18-27(21(26(33)34)19-23(28)29)25(32)22(20-24(30)31)38(35,36)37;;;;/h21-22H,2-20H2,1H3,(H,28,29)(H,30,31)(H,33,34)(H,35,36,37);;;;/q;4*+1/p-4/t21-,22?;;;;/m0..../s1. The van der Waals surface area contributed by atoms with Gasteiger partial charge in [-0.25, -0.2) is 8.42 Å². The first kappa shape index (κ1) is 53.3. The van der Waals surface area contributed by atoms with E-state index in [0.717, 1.165) is 32.1 Å². The van der Waals surface area contributed by atoms with Crippen LogP contribution in [0.4, 0.5) is 0 Å². The number of amides is 1. The predicted molar refractivity (Wildman–Crippen MR) is 133 cm³/mol. The van der Waals surface area contributed by atoms with Crippen molar-refractivity contribution >= 4 is 33.9 Å². The van der Waals surface area contributed by atoms with E-state index < -0.39 is 58.1 Å². The summed E-state index contributed by atoms with van der Waals surface area (Å²) in [6.07, 6.45) is 14.5. The molecule has 0 heterocycles. The van der Waals surface area contributed by atoms with E-state index >= 15 is 0 Å². The second kappa shape index (κ2) is 32.7. The van der Waals surface area contributed by atoms with Gasteiger partial charge in [0.15, 0.2) is 0 Å². The molecule has 42 heavy (non-hydrogen) atoms. The van der Waals surface area contributed by atoms with E-state index in [-0.39, 0.29) is 131 Å². The third kappa shape index (κ3) is 28.0. The van der Waals surface area contributed by atoms with E-state index in [2.05, 4.69) is 6.92 Å². The minimum atomic E-state index is -5.49. The van der Waals surface area contributed by atoms with Crippen molar-refractivity contribution in [2.45, 2.75) is 134 Å². The van der Waals surface area contributed by atoms with Gasteiger partial charge in [0.1, 0.15) is 15.4 Å². The Morgan fingerprint density at radius 1 is 0.595 bits per heavy atom. The van der Waals surface area contributed by atoms with Crippen molar-refractivity contribution in [1.82, 2.24) is 4.90 Å². The van der Waals surface area contributed by atoms with Crippen LogP contribution in [0.25, 0.3) is 0 Å². The molecule has 0 aliphatic rings. The van der Waals surface area contributed by atoms with Crippen LogP contribution in [-0.4, -0.2) is 59.5 Å². The molecule has 0 fully saturated rings. The quantitative estimate of drug-likeness (QED) is 0.0518. The molecule has 0 aliphatic carbocycles. The molecular weight excluding hydrogens is 610 g/mol. The van der Waals surface area contributed by atoms with Crippen molar-refractivity contribution in [1.29, 1.82) is 0 Å². The van der Waals surface area contributed by atoms with Crippen LogP contribution in [0, 0.1) is 0 Å². The molecule has 0 aromatic rings. The van der Waals surface area contributed by atoms with E-state index in [9.17, 15) is 47.5 Å². The Hall–Kier alpha value is 1.79. The van der Waals surface area contributed by atoms with Gasteiger partial charge in [-0.2, -0.15) is 0 Å². The van der Waals surface area contributed by atoms with E-state index in [1.807, 2.05) is 0 Å². The smallest absolute Gasteiger partial charge is 0.747 e. The molecule has 1 amide bonds. The van der Waals surface area contributed by atoms with Gasteiger partial charge in [-0.05, 0) is 6.42 Å². The van der Waals surface area contributed by atoms with Crippen LogP contribution in [0.2, 0.25) is 0 Å². The maximum Gasteiger partial charge on any atom is 1.00 e. The topological polar surface area (TPSA) is 198 Å². The van der Waals surface area contributed by atoms with Gasteiger partial charge in [0.2, 0.25) is 5.91 Å². The van der Waals surface area contributed by atoms with Crippen LogP contribution in [0.3, 0.4) is 0 Å². The van der Waals surface area contributed by atoms with Crippen molar-refractivity contribution in [3.8, 4) is 0 Å². The minimum absolute atomic E-state index is 0. The van der Waals surface area contributed by atoms with Gasteiger partial charge in [0.25, 0.3) is 0 Å². The Morgan fingerprint density at radius 3 is 1.21 bits per heavy atom. The zero-order valence-electron chi connectivity index (χ0n) is 26.5. The molecule has 0 saturated heterocycles. The summed E-state index contributed by atoms with van der Waals surface area (Å²) in [6.45, 7) is 1.82. The molecular formula is C26H43NNa4O10S. The van der Waals surface area contributed by atoms with Crippen LogP contribution < -0.4 is 134 Å². The van der Waals surface area contributed by atoms with Gasteiger partial charge >= 0.3 is 118 Å². The fourth-order valence-corrected chi connectivity index (χ4v) is 5.10. The molecule has 16 heteroatoms. The molecule has 0 radical (unpaired) electrons. The first-order valence-electron chi connectivity index (χ1n) is 13.8. The molecule has 1 unspecified atom stereocenters. The fourth-order valence-electron chi connectivity index (χ4n) is 4.38. The second-order valence-electron chi connectivity index (χ2n) is 9.80. The molecule has 2 atom stereocenters. The normalized spacial score (nSPS) is 11.9. The van der Waals surface area contributed by atoms with Gasteiger partial charge in [-0.1, -0.05) is 103 Å². The Balaban J connectivity index is -0.00000114. The fraction of sp³-hybridized carbons (Fsp3) is 0.846. The monoisotopic (exact) mass is 653 g/mol. The second-order valence-corrected chi connectivity index (χ2v) is 11.4. The maximum absolute atomic E-state index is 12.7. The molecule has 0 rings (SSSR count). The van der Waals surface area contributed by atoms with E-state index in [1.54, 1.807) is 0 Å². The van der Waals surface area contributed by atoms with Gasteiger partial charge in [0.05, 0.1) is 12.0 Å². The average molecular weight is 654 g/mol. The number of hydrogen-bond acceptors (Lipinski definition) is 10. The maximum atomic E-state index is 12.7. The average Bonchev–Trinajstić information content (AvgIpc) is 2.82. The summed E-state index contributed by atoms with van der Waals surface area (Å²) >= 11 is 0. The number of unbranched alkanes of at least 4 members (excludes halogenated alkanes) is 15. The molecule has 0 aromatic carbocycles. The minimum Gasteiger partial charge on any atom is -0.747 e. The van der Waals surface area contributed by atoms with Gasteiger partial charge < -0.3 is 39.2 Å². The summed E-state index contributed by atoms with van der Waals surface area (Å²) < 4.78 is 34.4. The number of aliphatic carboxylic acids is 3.